The molecule has 0 aliphatic rings. The number of hydrogen-bond donors (Lipinski definition) is 5. The van der Waals surface area contributed by atoms with Crippen LogP contribution in [0.2, 0.25) is 5.02 Å². The fraction of sp³-hybridized carbons (Fsp3) is 0.120. The Balaban J connectivity index is 1.71. The summed E-state index contributed by atoms with van der Waals surface area (Å²) in [6.07, 6.45) is 0. The molecule has 0 fully saturated rings. The summed E-state index contributed by atoms with van der Waals surface area (Å²) in [4.78, 5) is 36.2. The number of carboxylic acid groups (broad SMARTS) is 1. The maximum absolute atomic E-state index is 12.6. The van der Waals surface area contributed by atoms with Gasteiger partial charge in [-0.25, -0.2) is 4.79 Å². The minimum atomic E-state index is -1.12. The van der Waals surface area contributed by atoms with Gasteiger partial charge in [-0.1, -0.05) is 29.8 Å². The van der Waals surface area contributed by atoms with Crippen molar-refractivity contribution < 1.29 is 29.0 Å². The van der Waals surface area contributed by atoms with Gasteiger partial charge in [-0.15, -0.1) is 0 Å². The Morgan fingerprint density at radius 1 is 1.03 bits per heavy atom. The molecule has 186 valence electrons. The Hall–Kier alpha value is -4.57. The molecule has 0 bridgehead atoms. The first-order valence-corrected chi connectivity index (χ1v) is 10.9. The van der Waals surface area contributed by atoms with Crippen LogP contribution < -0.4 is 25.8 Å². The Labute approximate surface area is 211 Å². The first-order chi connectivity index (χ1) is 17.2. The van der Waals surface area contributed by atoms with Crippen LogP contribution in [0, 0.1) is 5.41 Å². The third-order valence-corrected chi connectivity index (χ3v) is 5.16. The largest absolute Gasteiger partial charge is 0.497 e. The highest BCUT2D eigenvalue weighted by molar-refractivity contribution is 6.31. The normalized spacial score (nSPS) is 10.3. The number of carboxylic acids is 1. The second-order valence-corrected chi connectivity index (χ2v) is 7.96. The third kappa shape index (κ3) is 6.97. The molecule has 36 heavy (non-hydrogen) atoms. The van der Waals surface area contributed by atoms with Gasteiger partial charge in [0.15, 0.2) is 6.61 Å². The van der Waals surface area contributed by atoms with Crippen LogP contribution in [0.4, 0.5) is 5.69 Å². The van der Waals surface area contributed by atoms with Crippen LogP contribution in [0.5, 0.6) is 11.5 Å². The lowest BCUT2D eigenvalue weighted by atomic mass is 10.1. The van der Waals surface area contributed by atoms with Crippen molar-refractivity contribution in [1.82, 2.24) is 5.32 Å². The fourth-order valence-corrected chi connectivity index (χ4v) is 3.39. The van der Waals surface area contributed by atoms with E-state index in [1.165, 1.54) is 37.4 Å². The minimum absolute atomic E-state index is 0.0261. The number of rotatable bonds is 10. The monoisotopic (exact) mass is 510 g/mol. The lowest BCUT2D eigenvalue weighted by Gasteiger charge is -2.14. The molecule has 0 aliphatic carbocycles. The van der Waals surface area contributed by atoms with Crippen LogP contribution >= 0.6 is 11.6 Å². The number of hydrogen-bond acceptors (Lipinski definition) is 6. The first-order valence-electron chi connectivity index (χ1n) is 10.5. The molecule has 2 amide bonds. The number of benzene rings is 3. The topological polar surface area (TPSA) is 164 Å². The molecule has 3 aromatic rings. The number of nitrogen functional groups attached to an aromatic ring is 1. The van der Waals surface area contributed by atoms with Crippen LogP contribution in [0.1, 0.15) is 31.8 Å². The van der Waals surface area contributed by atoms with Crippen LogP contribution in [0.25, 0.3) is 0 Å². The van der Waals surface area contributed by atoms with E-state index in [1.54, 1.807) is 30.3 Å². The zero-order valence-electron chi connectivity index (χ0n) is 19.1. The summed E-state index contributed by atoms with van der Waals surface area (Å²) in [5.41, 5.74) is 7.09. The Morgan fingerprint density at radius 3 is 2.50 bits per heavy atom. The molecule has 0 heterocycles. The molecular weight excluding hydrogens is 488 g/mol. The van der Waals surface area contributed by atoms with E-state index >= 15 is 0 Å². The van der Waals surface area contributed by atoms with Gasteiger partial charge in [-0.2, -0.15) is 0 Å². The Kier molecular flexibility index (Phi) is 8.48. The van der Waals surface area contributed by atoms with Gasteiger partial charge < -0.3 is 30.9 Å². The molecule has 3 aromatic carbocycles. The number of carbonyl (C=O) groups excluding carboxylic acids is 2. The lowest BCUT2D eigenvalue weighted by Crippen LogP contribution is -2.24. The summed E-state index contributed by atoms with van der Waals surface area (Å²) in [6.45, 7) is -0.367. The third-order valence-electron chi connectivity index (χ3n) is 4.94. The molecule has 0 radical (unpaired) electrons. The average Bonchev–Trinajstić information content (AvgIpc) is 2.85. The number of nitrogens with one attached hydrogen (secondary N) is 3. The summed E-state index contributed by atoms with van der Waals surface area (Å²) >= 11 is 6.04. The summed E-state index contributed by atoms with van der Waals surface area (Å²) in [5.74, 6) is -1.59. The average molecular weight is 511 g/mol. The standard InChI is InChI=1S/C25H23ClN4O6/c1-35-20-9-17(7-18(26)11-20)24(32)29-12-16-6-5-14(23(27)28)10-21(16)36-13-22(31)30-19-4-2-3-15(8-19)25(33)34/h2-11H,12-13H2,1H3,(H3,27,28)(H,29,32)(H,30,31)(H,33,34). The number of halogens is 1. The van der Waals surface area contributed by atoms with Crippen molar-refractivity contribution in [3.63, 3.8) is 0 Å². The number of carbonyl (C=O) groups is 3. The van der Waals surface area contributed by atoms with Gasteiger partial charge in [0, 0.05) is 33.9 Å². The van der Waals surface area contributed by atoms with Crippen molar-refractivity contribution in [2.75, 3.05) is 19.0 Å². The molecule has 0 atom stereocenters. The van der Waals surface area contributed by atoms with Gasteiger partial charge in [-0.05, 0) is 42.5 Å². The summed E-state index contributed by atoms with van der Waals surface area (Å²) in [5, 5.41) is 22.4. The number of ether oxygens (including phenoxy) is 2. The number of aromatic carboxylic acids is 1. The molecule has 0 unspecified atom stereocenters. The summed E-state index contributed by atoms with van der Waals surface area (Å²) in [6, 6.07) is 15.1. The molecule has 0 spiro atoms. The summed E-state index contributed by atoms with van der Waals surface area (Å²) in [7, 11) is 1.46. The van der Waals surface area contributed by atoms with E-state index in [1.807, 2.05) is 0 Å². The Bertz CT molecular complexity index is 1330. The molecule has 0 saturated carbocycles. The van der Waals surface area contributed by atoms with E-state index in [4.69, 9.17) is 37.3 Å². The minimum Gasteiger partial charge on any atom is -0.497 e. The van der Waals surface area contributed by atoms with Gasteiger partial charge in [0.2, 0.25) is 0 Å². The molecule has 6 N–H and O–H groups in total. The Morgan fingerprint density at radius 2 is 1.81 bits per heavy atom. The molecular formula is C25H23ClN4O6. The van der Waals surface area contributed by atoms with Gasteiger partial charge in [0.1, 0.15) is 17.3 Å². The highest BCUT2D eigenvalue weighted by Gasteiger charge is 2.14. The van der Waals surface area contributed by atoms with Gasteiger partial charge >= 0.3 is 5.97 Å². The van der Waals surface area contributed by atoms with Crippen molar-refractivity contribution >= 4 is 40.9 Å². The predicted octanol–water partition coefficient (Wildman–Crippen LogP) is 3.28. The van der Waals surface area contributed by atoms with Crippen molar-refractivity contribution in [2.45, 2.75) is 6.54 Å². The molecule has 0 aromatic heterocycles. The number of nitrogens with two attached hydrogens (primary N) is 1. The van der Waals surface area contributed by atoms with E-state index in [9.17, 15) is 14.4 Å². The smallest absolute Gasteiger partial charge is 0.335 e. The van der Waals surface area contributed by atoms with E-state index in [0.29, 0.717) is 33.1 Å². The van der Waals surface area contributed by atoms with Crippen molar-refractivity contribution in [3.05, 3.63) is 87.9 Å². The van der Waals surface area contributed by atoms with Crippen molar-refractivity contribution in [2.24, 2.45) is 5.73 Å². The second-order valence-electron chi connectivity index (χ2n) is 7.52. The molecule has 0 aliphatic heterocycles. The molecule has 0 saturated heterocycles. The van der Waals surface area contributed by atoms with Gasteiger partial charge in [0.05, 0.1) is 12.7 Å². The SMILES string of the molecule is COc1cc(Cl)cc(C(=O)NCc2ccc(C(=N)N)cc2OCC(=O)Nc2cccc(C(=O)O)c2)c1. The van der Waals surface area contributed by atoms with Crippen molar-refractivity contribution in [1.29, 1.82) is 5.41 Å². The highest BCUT2D eigenvalue weighted by atomic mass is 35.5. The number of methoxy groups -OCH3 is 1. The van der Waals surface area contributed by atoms with Gasteiger partial charge in [-0.3, -0.25) is 15.0 Å². The lowest BCUT2D eigenvalue weighted by molar-refractivity contribution is -0.118. The number of amides is 2. The van der Waals surface area contributed by atoms with E-state index in [-0.39, 0.29) is 23.7 Å². The van der Waals surface area contributed by atoms with Gasteiger partial charge in [0.25, 0.3) is 11.8 Å². The summed E-state index contributed by atoms with van der Waals surface area (Å²) < 4.78 is 10.8. The molecule has 3 rings (SSSR count). The molecule has 11 heteroatoms. The second kappa shape index (κ2) is 11.7. The zero-order valence-corrected chi connectivity index (χ0v) is 19.9. The van der Waals surface area contributed by atoms with Crippen LogP contribution in [-0.2, 0) is 11.3 Å². The first kappa shape index (κ1) is 26.0. The number of amidine groups is 1. The van der Waals surface area contributed by atoms with Crippen LogP contribution in [0.3, 0.4) is 0 Å². The molecule has 10 nitrogen and oxygen atoms in total. The highest BCUT2D eigenvalue weighted by Crippen LogP contribution is 2.23. The fourth-order valence-electron chi connectivity index (χ4n) is 3.16. The van der Waals surface area contributed by atoms with E-state index in [2.05, 4.69) is 10.6 Å². The van der Waals surface area contributed by atoms with Crippen LogP contribution in [0.15, 0.2) is 60.7 Å². The van der Waals surface area contributed by atoms with E-state index < -0.39 is 24.4 Å². The predicted molar refractivity (Wildman–Crippen MR) is 134 cm³/mol. The maximum Gasteiger partial charge on any atom is 0.335 e. The van der Waals surface area contributed by atoms with Crippen LogP contribution in [-0.4, -0.2) is 42.4 Å². The van der Waals surface area contributed by atoms with Crippen molar-refractivity contribution in [3.8, 4) is 11.5 Å². The number of anilines is 1. The van der Waals surface area contributed by atoms with E-state index in [0.717, 1.165) is 0 Å². The quantitative estimate of drug-likeness (QED) is 0.206. The zero-order chi connectivity index (χ0) is 26.2. The maximum atomic E-state index is 12.6.